The van der Waals surface area contributed by atoms with Crippen LogP contribution in [-0.2, 0) is 11.2 Å². The maximum Gasteiger partial charge on any atom is 0.226 e. The van der Waals surface area contributed by atoms with Gasteiger partial charge in [0.05, 0.1) is 12.5 Å². The van der Waals surface area contributed by atoms with Crippen molar-refractivity contribution in [3.8, 4) is 0 Å². The Kier molecular flexibility index (Phi) is 5.70. The number of aryl methyl sites for hydroxylation is 1. The lowest BCUT2D eigenvalue weighted by molar-refractivity contribution is -0.117. The maximum absolute atomic E-state index is 11.4. The smallest absolute Gasteiger partial charge is 0.226 e. The highest BCUT2D eigenvalue weighted by Gasteiger charge is 2.05. The van der Waals surface area contributed by atoms with Gasteiger partial charge in [-0.2, -0.15) is 0 Å². The first kappa shape index (κ1) is 13.7. The number of carbonyl (C=O) groups excluding carboxylic acids is 1. The summed E-state index contributed by atoms with van der Waals surface area (Å²) in [6.07, 6.45) is 3.00. The third kappa shape index (κ3) is 5.50. The molecule has 94 valence electrons. The van der Waals surface area contributed by atoms with Gasteiger partial charge in [-0.3, -0.25) is 4.79 Å². The average Bonchev–Trinajstić information content (AvgIpc) is 2.27. The van der Waals surface area contributed by atoms with Gasteiger partial charge in [0.2, 0.25) is 5.91 Å². The monoisotopic (exact) mass is 235 g/mol. The molecule has 3 nitrogen and oxygen atoms in total. The Balaban J connectivity index is 2.47. The van der Waals surface area contributed by atoms with Crippen LogP contribution in [0.25, 0.3) is 0 Å². The first-order valence-electron chi connectivity index (χ1n) is 6.18. The van der Waals surface area contributed by atoms with Gasteiger partial charge in [-0.15, -0.1) is 0 Å². The lowest BCUT2D eigenvalue weighted by Crippen LogP contribution is -2.17. The fraction of sp³-hybridized carbons (Fsp3) is 0.500. The highest BCUT2D eigenvalue weighted by molar-refractivity contribution is 5.90. The van der Waals surface area contributed by atoms with Crippen LogP contribution in [0.4, 0.5) is 5.69 Å². The van der Waals surface area contributed by atoms with Crippen LogP contribution in [0.1, 0.15) is 38.7 Å². The first-order valence-corrected chi connectivity index (χ1v) is 6.18. The summed E-state index contributed by atoms with van der Waals surface area (Å²) >= 11 is 0. The van der Waals surface area contributed by atoms with E-state index in [4.69, 9.17) is 5.11 Å². The van der Waals surface area contributed by atoms with E-state index in [1.807, 2.05) is 24.3 Å². The molecule has 0 aliphatic carbocycles. The van der Waals surface area contributed by atoms with Crippen LogP contribution in [0.15, 0.2) is 24.3 Å². The Labute approximate surface area is 103 Å². The summed E-state index contributed by atoms with van der Waals surface area (Å²) in [6, 6.07) is 7.89. The van der Waals surface area contributed by atoms with Gasteiger partial charge in [-0.1, -0.05) is 25.5 Å². The van der Waals surface area contributed by atoms with Crippen LogP contribution < -0.4 is 5.32 Å². The standard InChI is InChI=1S/C14H21NO2/c1-3-4-5-12-6-8-13(9-7-12)15-14(17)10-11(2)16/h6-9,11,16H,3-5,10H2,1-2H3,(H,15,17). The quantitative estimate of drug-likeness (QED) is 0.796. The number of amides is 1. The molecule has 3 heteroatoms. The van der Waals surface area contributed by atoms with E-state index >= 15 is 0 Å². The molecule has 0 spiro atoms. The van der Waals surface area contributed by atoms with Gasteiger partial charge in [0.15, 0.2) is 0 Å². The van der Waals surface area contributed by atoms with Gasteiger partial charge in [-0.05, 0) is 37.5 Å². The van der Waals surface area contributed by atoms with Gasteiger partial charge in [0, 0.05) is 5.69 Å². The second-order valence-corrected chi connectivity index (χ2v) is 4.40. The Morgan fingerprint density at radius 2 is 2.00 bits per heavy atom. The topological polar surface area (TPSA) is 49.3 Å². The van der Waals surface area contributed by atoms with E-state index in [0.29, 0.717) is 0 Å². The molecule has 1 amide bonds. The summed E-state index contributed by atoms with van der Waals surface area (Å²) in [7, 11) is 0. The zero-order valence-corrected chi connectivity index (χ0v) is 10.6. The molecule has 0 aliphatic rings. The highest BCUT2D eigenvalue weighted by atomic mass is 16.3. The van der Waals surface area contributed by atoms with Gasteiger partial charge in [-0.25, -0.2) is 0 Å². The van der Waals surface area contributed by atoms with Crippen LogP contribution in [0.3, 0.4) is 0 Å². The average molecular weight is 235 g/mol. The van der Waals surface area contributed by atoms with Gasteiger partial charge < -0.3 is 10.4 Å². The molecule has 1 aromatic rings. The number of hydrogen-bond donors (Lipinski definition) is 2. The van der Waals surface area contributed by atoms with Crippen LogP contribution >= 0.6 is 0 Å². The number of anilines is 1. The lowest BCUT2D eigenvalue weighted by Gasteiger charge is -2.07. The van der Waals surface area contributed by atoms with E-state index in [1.54, 1.807) is 6.92 Å². The fourth-order valence-electron chi connectivity index (χ4n) is 1.62. The summed E-state index contributed by atoms with van der Waals surface area (Å²) in [5.74, 6) is -0.152. The van der Waals surface area contributed by atoms with Crippen molar-refractivity contribution in [2.45, 2.75) is 45.6 Å². The fourth-order valence-corrected chi connectivity index (χ4v) is 1.62. The minimum absolute atomic E-state index is 0.136. The number of hydrogen-bond acceptors (Lipinski definition) is 2. The Bertz CT molecular complexity index is 344. The number of aliphatic hydroxyl groups excluding tert-OH is 1. The van der Waals surface area contributed by atoms with Gasteiger partial charge in [0.1, 0.15) is 0 Å². The Morgan fingerprint density at radius 3 is 2.53 bits per heavy atom. The van der Waals surface area contributed by atoms with Crippen LogP contribution in [0, 0.1) is 0 Å². The van der Waals surface area contributed by atoms with Crippen LogP contribution in [0.5, 0.6) is 0 Å². The number of nitrogens with one attached hydrogen (secondary N) is 1. The summed E-state index contributed by atoms with van der Waals surface area (Å²) in [5.41, 5.74) is 2.08. The van der Waals surface area contributed by atoms with E-state index in [-0.39, 0.29) is 12.3 Å². The number of benzene rings is 1. The second-order valence-electron chi connectivity index (χ2n) is 4.40. The Hall–Kier alpha value is -1.35. The summed E-state index contributed by atoms with van der Waals surface area (Å²) < 4.78 is 0. The van der Waals surface area contributed by atoms with Crippen molar-refractivity contribution in [3.63, 3.8) is 0 Å². The summed E-state index contributed by atoms with van der Waals surface area (Å²) in [6.45, 7) is 3.78. The molecule has 1 atom stereocenters. The third-order valence-electron chi connectivity index (χ3n) is 2.54. The molecule has 2 N–H and O–H groups in total. The normalized spacial score (nSPS) is 12.2. The summed E-state index contributed by atoms with van der Waals surface area (Å²) in [5, 5.41) is 11.8. The molecule has 0 saturated heterocycles. The third-order valence-corrected chi connectivity index (χ3v) is 2.54. The molecule has 1 rings (SSSR count). The molecule has 1 unspecified atom stereocenters. The SMILES string of the molecule is CCCCc1ccc(NC(=O)CC(C)O)cc1. The molecule has 0 fully saturated rings. The molecule has 0 aromatic heterocycles. The van der Waals surface area contributed by atoms with Crippen molar-refractivity contribution in [2.24, 2.45) is 0 Å². The van der Waals surface area contributed by atoms with Gasteiger partial charge in [0.25, 0.3) is 0 Å². The van der Waals surface area contributed by atoms with Crippen molar-refractivity contribution >= 4 is 11.6 Å². The molecule has 0 saturated carbocycles. The molecule has 0 radical (unpaired) electrons. The van der Waals surface area contributed by atoms with Crippen molar-refractivity contribution in [2.75, 3.05) is 5.32 Å². The predicted molar refractivity (Wildman–Crippen MR) is 70.0 cm³/mol. The molecule has 0 bridgehead atoms. The molecule has 0 heterocycles. The number of unbranched alkanes of at least 4 members (excludes halogenated alkanes) is 1. The zero-order valence-electron chi connectivity index (χ0n) is 10.6. The van der Waals surface area contributed by atoms with E-state index in [0.717, 1.165) is 12.1 Å². The number of aliphatic hydroxyl groups is 1. The van der Waals surface area contributed by atoms with Crippen molar-refractivity contribution in [1.82, 2.24) is 0 Å². The van der Waals surface area contributed by atoms with Crippen molar-refractivity contribution in [3.05, 3.63) is 29.8 Å². The first-order chi connectivity index (χ1) is 8.11. The molecular formula is C14H21NO2. The van der Waals surface area contributed by atoms with Crippen LogP contribution in [0.2, 0.25) is 0 Å². The van der Waals surface area contributed by atoms with Gasteiger partial charge >= 0.3 is 0 Å². The minimum Gasteiger partial charge on any atom is -0.393 e. The van der Waals surface area contributed by atoms with Crippen LogP contribution in [-0.4, -0.2) is 17.1 Å². The van der Waals surface area contributed by atoms with Crippen molar-refractivity contribution in [1.29, 1.82) is 0 Å². The molecular weight excluding hydrogens is 214 g/mol. The predicted octanol–water partition coefficient (Wildman–Crippen LogP) is 2.74. The molecule has 17 heavy (non-hydrogen) atoms. The van der Waals surface area contributed by atoms with E-state index in [2.05, 4.69) is 12.2 Å². The molecule has 0 aliphatic heterocycles. The largest absolute Gasteiger partial charge is 0.393 e. The molecule has 1 aromatic carbocycles. The maximum atomic E-state index is 11.4. The second kappa shape index (κ2) is 7.07. The zero-order chi connectivity index (χ0) is 12.7. The highest BCUT2D eigenvalue weighted by Crippen LogP contribution is 2.12. The number of carbonyl (C=O) groups is 1. The van der Waals surface area contributed by atoms with Crippen molar-refractivity contribution < 1.29 is 9.90 Å². The van der Waals surface area contributed by atoms with E-state index in [1.165, 1.54) is 18.4 Å². The summed E-state index contributed by atoms with van der Waals surface area (Å²) in [4.78, 5) is 11.4. The van der Waals surface area contributed by atoms with E-state index in [9.17, 15) is 4.79 Å². The number of rotatable bonds is 6. The van der Waals surface area contributed by atoms with E-state index < -0.39 is 6.10 Å². The minimum atomic E-state index is -0.598. The Morgan fingerprint density at radius 1 is 1.35 bits per heavy atom. The lowest BCUT2D eigenvalue weighted by atomic mass is 10.1.